The van der Waals surface area contributed by atoms with Crippen molar-refractivity contribution in [3.8, 4) is 5.82 Å². The SMILES string of the molecule is Cc1cc(C)n(-c2nc3ccccc3nc2NC[C@H](C)O)n1. The van der Waals surface area contributed by atoms with Gasteiger partial charge in [0, 0.05) is 12.2 Å². The molecule has 1 aromatic carbocycles. The van der Waals surface area contributed by atoms with Crippen molar-refractivity contribution in [2.45, 2.75) is 26.9 Å². The molecule has 0 fully saturated rings. The van der Waals surface area contributed by atoms with Gasteiger partial charge in [-0.3, -0.25) is 0 Å². The average molecular weight is 297 g/mol. The highest BCUT2D eigenvalue weighted by Gasteiger charge is 2.14. The number of para-hydroxylation sites is 2. The van der Waals surface area contributed by atoms with Crippen LogP contribution in [0.4, 0.5) is 5.82 Å². The number of hydrogen-bond donors (Lipinski definition) is 2. The van der Waals surface area contributed by atoms with E-state index < -0.39 is 6.10 Å². The van der Waals surface area contributed by atoms with E-state index >= 15 is 0 Å². The highest BCUT2D eigenvalue weighted by molar-refractivity contribution is 5.78. The van der Waals surface area contributed by atoms with Crippen LogP contribution in [0.15, 0.2) is 30.3 Å². The predicted molar refractivity (Wildman–Crippen MR) is 86.3 cm³/mol. The first-order valence-corrected chi connectivity index (χ1v) is 7.27. The van der Waals surface area contributed by atoms with Crippen molar-refractivity contribution < 1.29 is 5.11 Å². The Morgan fingerprint density at radius 3 is 2.45 bits per heavy atom. The lowest BCUT2D eigenvalue weighted by atomic mass is 10.3. The summed E-state index contributed by atoms with van der Waals surface area (Å²) in [5.41, 5.74) is 3.53. The van der Waals surface area contributed by atoms with Crippen LogP contribution >= 0.6 is 0 Å². The van der Waals surface area contributed by atoms with Crippen LogP contribution in [0.2, 0.25) is 0 Å². The first kappa shape index (κ1) is 14.5. The molecule has 22 heavy (non-hydrogen) atoms. The topological polar surface area (TPSA) is 75.9 Å². The second-order valence-electron chi connectivity index (χ2n) is 5.45. The van der Waals surface area contributed by atoms with E-state index in [0.29, 0.717) is 18.2 Å². The van der Waals surface area contributed by atoms with Crippen LogP contribution < -0.4 is 5.32 Å². The Kier molecular flexibility index (Phi) is 3.77. The van der Waals surface area contributed by atoms with Crippen molar-refractivity contribution in [2.24, 2.45) is 0 Å². The van der Waals surface area contributed by atoms with Gasteiger partial charge in [-0.15, -0.1) is 0 Å². The molecule has 0 spiro atoms. The molecule has 2 N–H and O–H groups in total. The molecule has 0 aliphatic carbocycles. The number of rotatable bonds is 4. The first-order valence-electron chi connectivity index (χ1n) is 7.27. The molecule has 0 aliphatic heterocycles. The molecule has 114 valence electrons. The number of aryl methyl sites for hydroxylation is 2. The third-order valence-electron chi connectivity index (χ3n) is 3.33. The van der Waals surface area contributed by atoms with Gasteiger partial charge in [-0.2, -0.15) is 5.10 Å². The number of aromatic nitrogens is 4. The van der Waals surface area contributed by atoms with E-state index in [9.17, 15) is 5.11 Å². The number of anilines is 1. The number of hydrogen-bond acceptors (Lipinski definition) is 5. The maximum Gasteiger partial charge on any atom is 0.197 e. The second-order valence-corrected chi connectivity index (χ2v) is 5.45. The molecule has 2 aromatic heterocycles. The highest BCUT2D eigenvalue weighted by Crippen LogP contribution is 2.21. The summed E-state index contributed by atoms with van der Waals surface area (Å²) >= 11 is 0. The Balaban J connectivity index is 2.16. The van der Waals surface area contributed by atoms with Gasteiger partial charge in [-0.25, -0.2) is 14.6 Å². The molecule has 6 nitrogen and oxygen atoms in total. The van der Waals surface area contributed by atoms with Crippen LogP contribution in [0.5, 0.6) is 0 Å². The Bertz CT molecular complexity index is 809. The molecule has 0 saturated heterocycles. The van der Waals surface area contributed by atoms with Crippen LogP contribution in [0.25, 0.3) is 16.9 Å². The third-order valence-corrected chi connectivity index (χ3v) is 3.33. The van der Waals surface area contributed by atoms with E-state index in [0.717, 1.165) is 22.4 Å². The fourth-order valence-corrected chi connectivity index (χ4v) is 2.34. The summed E-state index contributed by atoms with van der Waals surface area (Å²) in [7, 11) is 0. The van der Waals surface area contributed by atoms with Gasteiger partial charge in [0.25, 0.3) is 0 Å². The zero-order valence-corrected chi connectivity index (χ0v) is 12.9. The fourth-order valence-electron chi connectivity index (χ4n) is 2.34. The number of benzene rings is 1. The van der Waals surface area contributed by atoms with E-state index in [-0.39, 0.29) is 0 Å². The summed E-state index contributed by atoms with van der Waals surface area (Å²) in [4.78, 5) is 9.32. The lowest BCUT2D eigenvalue weighted by Crippen LogP contribution is -2.18. The van der Waals surface area contributed by atoms with Crippen molar-refractivity contribution in [2.75, 3.05) is 11.9 Å². The zero-order chi connectivity index (χ0) is 15.7. The van der Waals surface area contributed by atoms with Gasteiger partial charge in [-0.05, 0) is 39.0 Å². The molecule has 0 unspecified atom stereocenters. The normalized spacial score (nSPS) is 12.5. The number of nitrogens with zero attached hydrogens (tertiary/aromatic N) is 4. The van der Waals surface area contributed by atoms with E-state index in [2.05, 4.69) is 15.4 Å². The van der Waals surface area contributed by atoms with Gasteiger partial charge in [-0.1, -0.05) is 12.1 Å². The Labute approximate surface area is 128 Å². The number of aliphatic hydroxyl groups is 1. The summed E-state index contributed by atoms with van der Waals surface area (Å²) in [6, 6.07) is 9.70. The Hall–Kier alpha value is -2.47. The van der Waals surface area contributed by atoms with Crippen molar-refractivity contribution >= 4 is 16.9 Å². The van der Waals surface area contributed by atoms with Crippen molar-refractivity contribution in [1.82, 2.24) is 19.7 Å². The van der Waals surface area contributed by atoms with Crippen LogP contribution in [-0.2, 0) is 0 Å². The summed E-state index contributed by atoms with van der Waals surface area (Å²) in [6.07, 6.45) is -0.471. The van der Waals surface area contributed by atoms with Crippen molar-refractivity contribution in [3.63, 3.8) is 0 Å². The molecule has 0 bridgehead atoms. The number of nitrogens with one attached hydrogen (secondary N) is 1. The lowest BCUT2D eigenvalue weighted by molar-refractivity contribution is 0.208. The molecule has 6 heteroatoms. The van der Waals surface area contributed by atoms with Gasteiger partial charge < -0.3 is 10.4 Å². The molecule has 3 aromatic rings. The van der Waals surface area contributed by atoms with E-state index in [1.807, 2.05) is 44.2 Å². The largest absolute Gasteiger partial charge is 0.392 e. The molecule has 2 heterocycles. The molecule has 0 aliphatic rings. The number of fused-ring (bicyclic) bond motifs is 1. The zero-order valence-electron chi connectivity index (χ0n) is 12.9. The molecule has 0 saturated carbocycles. The van der Waals surface area contributed by atoms with E-state index in [1.54, 1.807) is 11.6 Å². The quantitative estimate of drug-likeness (QED) is 0.772. The molecule has 1 atom stereocenters. The van der Waals surface area contributed by atoms with Gasteiger partial charge in [0.15, 0.2) is 11.6 Å². The molecule has 3 rings (SSSR count). The summed E-state index contributed by atoms with van der Waals surface area (Å²) in [6.45, 7) is 6.06. The van der Waals surface area contributed by atoms with Crippen LogP contribution in [0.3, 0.4) is 0 Å². The third kappa shape index (κ3) is 2.78. The van der Waals surface area contributed by atoms with Gasteiger partial charge in [0.1, 0.15) is 0 Å². The minimum Gasteiger partial charge on any atom is -0.392 e. The average Bonchev–Trinajstić information content (AvgIpc) is 2.82. The number of aliphatic hydroxyl groups excluding tert-OH is 1. The lowest BCUT2D eigenvalue weighted by Gasteiger charge is -2.13. The van der Waals surface area contributed by atoms with Gasteiger partial charge in [0.2, 0.25) is 0 Å². The Morgan fingerprint density at radius 1 is 1.18 bits per heavy atom. The summed E-state index contributed by atoms with van der Waals surface area (Å²) < 4.78 is 1.78. The minimum absolute atomic E-state index is 0.402. The second kappa shape index (κ2) is 5.73. The smallest absolute Gasteiger partial charge is 0.197 e. The van der Waals surface area contributed by atoms with Crippen molar-refractivity contribution in [1.29, 1.82) is 0 Å². The van der Waals surface area contributed by atoms with Gasteiger partial charge in [0.05, 0.1) is 22.8 Å². The van der Waals surface area contributed by atoms with E-state index in [1.165, 1.54) is 0 Å². The molecule has 0 radical (unpaired) electrons. The fraction of sp³-hybridized carbons (Fsp3) is 0.312. The Morgan fingerprint density at radius 2 is 1.86 bits per heavy atom. The maximum absolute atomic E-state index is 9.51. The summed E-state index contributed by atoms with van der Waals surface area (Å²) in [5.74, 6) is 1.26. The first-order chi connectivity index (χ1) is 10.5. The van der Waals surface area contributed by atoms with Crippen molar-refractivity contribution in [3.05, 3.63) is 41.7 Å². The highest BCUT2D eigenvalue weighted by atomic mass is 16.3. The molecular formula is C16H19N5O. The monoisotopic (exact) mass is 297 g/mol. The van der Waals surface area contributed by atoms with Gasteiger partial charge >= 0.3 is 0 Å². The van der Waals surface area contributed by atoms with Crippen LogP contribution in [-0.4, -0.2) is 37.5 Å². The molecule has 0 amide bonds. The van der Waals surface area contributed by atoms with E-state index in [4.69, 9.17) is 4.98 Å². The molecular weight excluding hydrogens is 278 g/mol. The van der Waals surface area contributed by atoms with Crippen LogP contribution in [0, 0.1) is 13.8 Å². The van der Waals surface area contributed by atoms with Crippen LogP contribution in [0.1, 0.15) is 18.3 Å². The standard InChI is InChI=1S/C16H19N5O/c1-10-8-11(2)21(20-10)16-15(17-9-12(3)22)18-13-6-4-5-7-14(13)19-16/h4-8,12,22H,9H2,1-3H3,(H,17,18)/t12-/m0/s1. The maximum atomic E-state index is 9.51. The predicted octanol–water partition coefficient (Wildman–Crippen LogP) is 2.23. The minimum atomic E-state index is -0.471. The summed E-state index contributed by atoms with van der Waals surface area (Å²) in [5, 5.41) is 17.2.